The van der Waals surface area contributed by atoms with Crippen LogP contribution in [0, 0.1) is 0 Å². The van der Waals surface area contributed by atoms with E-state index in [4.69, 9.17) is 13.6 Å². The molecule has 0 aliphatic carbocycles. The summed E-state index contributed by atoms with van der Waals surface area (Å²) in [5.41, 5.74) is 5.51. The van der Waals surface area contributed by atoms with E-state index in [1.807, 2.05) is 0 Å². The van der Waals surface area contributed by atoms with Crippen LogP contribution in [0.15, 0.2) is 17.1 Å². The zero-order valence-electron chi connectivity index (χ0n) is 4.72. The fourth-order valence-corrected chi connectivity index (χ4v) is 0.519. The van der Waals surface area contributed by atoms with Crippen LogP contribution in [-0.2, 0) is 0 Å². The number of pyridine rings is 1. The molecule has 4 heteroatoms. The Balaban J connectivity index is 3.34. The molecule has 0 atom stereocenters. The molecular formula is C5H5BN2O. The van der Waals surface area contributed by atoms with Crippen LogP contribution < -0.4 is 16.8 Å². The van der Waals surface area contributed by atoms with Gasteiger partial charge < -0.3 is 10.7 Å². The molecule has 0 bridgehead atoms. The van der Waals surface area contributed by atoms with Crippen LogP contribution in [0.4, 0.5) is 5.69 Å². The highest BCUT2D eigenvalue weighted by Crippen LogP contribution is 1.81. The van der Waals surface area contributed by atoms with E-state index in [0.717, 1.165) is 0 Å². The van der Waals surface area contributed by atoms with Crippen molar-refractivity contribution in [3.63, 3.8) is 0 Å². The van der Waals surface area contributed by atoms with Crippen LogP contribution in [0.25, 0.3) is 0 Å². The van der Waals surface area contributed by atoms with Crippen molar-refractivity contribution in [1.82, 2.24) is 4.98 Å². The van der Waals surface area contributed by atoms with Gasteiger partial charge in [-0.25, -0.2) is 0 Å². The molecule has 2 radical (unpaired) electrons. The predicted molar refractivity (Wildman–Crippen MR) is 36.9 cm³/mol. The first-order valence-electron chi connectivity index (χ1n) is 2.44. The van der Waals surface area contributed by atoms with Crippen LogP contribution in [0.2, 0.25) is 0 Å². The lowest BCUT2D eigenvalue weighted by molar-refractivity contribution is 1.26. The lowest BCUT2D eigenvalue weighted by atomic mass is 9.99. The number of nitrogens with one attached hydrogen (secondary N) is 1. The molecule has 0 amide bonds. The zero-order chi connectivity index (χ0) is 6.85. The van der Waals surface area contributed by atoms with Gasteiger partial charge in [0.1, 0.15) is 7.85 Å². The molecule has 0 aliphatic heterocycles. The Morgan fingerprint density at radius 3 is 2.78 bits per heavy atom. The van der Waals surface area contributed by atoms with Gasteiger partial charge in [0.05, 0.1) is 5.69 Å². The largest absolute Gasteiger partial charge is 0.394 e. The van der Waals surface area contributed by atoms with Crippen molar-refractivity contribution in [3.8, 4) is 0 Å². The third kappa shape index (κ3) is 1.13. The van der Waals surface area contributed by atoms with Crippen molar-refractivity contribution in [2.24, 2.45) is 0 Å². The molecule has 1 aromatic heterocycles. The van der Waals surface area contributed by atoms with Gasteiger partial charge in [0.15, 0.2) is 0 Å². The summed E-state index contributed by atoms with van der Waals surface area (Å²) in [4.78, 5) is 12.9. The minimum Gasteiger partial charge on any atom is -0.394 e. The van der Waals surface area contributed by atoms with Crippen molar-refractivity contribution in [2.75, 3.05) is 5.73 Å². The highest BCUT2D eigenvalue weighted by atomic mass is 16.1. The van der Waals surface area contributed by atoms with Crippen molar-refractivity contribution in [3.05, 3.63) is 22.6 Å². The molecule has 1 rings (SSSR count). The summed E-state index contributed by atoms with van der Waals surface area (Å²) < 4.78 is 0. The fourth-order valence-electron chi connectivity index (χ4n) is 0.519. The van der Waals surface area contributed by atoms with Gasteiger partial charge in [-0.05, 0) is 12.3 Å². The second kappa shape index (κ2) is 1.97. The number of hydrogen-bond acceptors (Lipinski definition) is 2. The molecule has 0 aliphatic rings. The first kappa shape index (κ1) is 5.94. The van der Waals surface area contributed by atoms with E-state index < -0.39 is 0 Å². The van der Waals surface area contributed by atoms with Gasteiger partial charge >= 0.3 is 0 Å². The summed E-state index contributed by atoms with van der Waals surface area (Å²) in [5.74, 6) is 0. The number of aromatic amines is 1. The van der Waals surface area contributed by atoms with Gasteiger partial charge in [0, 0.05) is 0 Å². The minimum absolute atomic E-state index is 0.148. The molecule has 1 heterocycles. The molecule has 9 heavy (non-hydrogen) atoms. The van der Waals surface area contributed by atoms with E-state index in [2.05, 4.69) is 4.98 Å². The van der Waals surface area contributed by atoms with Crippen LogP contribution in [0.5, 0.6) is 0 Å². The van der Waals surface area contributed by atoms with Crippen LogP contribution in [0.1, 0.15) is 0 Å². The Labute approximate surface area is 53.3 Å². The van der Waals surface area contributed by atoms with Crippen molar-refractivity contribution in [2.45, 2.75) is 0 Å². The highest BCUT2D eigenvalue weighted by Gasteiger charge is 1.89. The molecule has 0 unspecified atom stereocenters. The number of anilines is 1. The van der Waals surface area contributed by atoms with Crippen molar-refractivity contribution in [1.29, 1.82) is 0 Å². The Kier molecular flexibility index (Phi) is 1.30. The Hall–Kier alpha value is -1.19. The summed E-state index contributed by atoms with van der Waals surface area (Å²) >= 11 is 0. The number of nitrogen functional groups attached to an aromatic ring is 1. The van der Waals surface area contributed by atoms with Crippen molar-refractivity contribution >= 4 is 19.0 Å². The molecule has 3 N–H and O–H groups in total. The fraction of sp³-hybridized carbons (Fsp3) is 0. The molecule has 0 saturated heterocycles. The van der Waals surface area contributed by atoms with Gasteiger partial charge in [-0.3, -0.25) is 4.79 Å². The standard InChI is InChI=1S/C5H5BN2O/c6-3-1-4(7)5(9)8-2-3/h1-2H,7H2,(H,8,9). The molecule has 0 aromatic carbocycles. The molecular weight excluding hydrogens is 115 g/mol. The summed E-state index contributed by atoms with van der Waals surface area (Å²) in [5, 5.41) is 0. The van der Waals surface area contributed by atoms with Crippen LogP contribution in [-0.4, -0.2) is 12.8 Å². The monoisotopic (exact) mass is 120 g/mol. The zero-order valence-corrected chi connectivity index (χ0v) is 4.72. The SMILES string of the molecule is [B]c1c[nH]c(=O)c(N)c1. The number of aromatic nitrogens is 1. The second-order valence-corrected chi connectivity index (χ2v) is 1.72. The smallest absolute Gasteiger partial charge is 0.271 e. The third-order valence-corrected chi connectivity index (χ3v) is 0.954. The topological polar surface area (TPSA) is 58.9 Å². The van der Waals surface area contributed by atoms with Gasteiger partial charge in [0.25, 0.3) is 5.56 Å². The quantitative estimate of drug-likeness (QED) is 0.420. The summed E-state index contributed by atoms with van der Waals surface area (Å²) in [6, 6.07) is 1.42. The summed E-state index contributed by atoms with van der Waals surface area (Å²) in [7, 11) is 5.28. The van der Waals surface area contributed by atoms with Crippen molar-refractivity contribution < 1.29 is 0 Å². The summed E-state index contributed by atoms with van der Waals surface area (Å²) in [6.07, 6.45) is 1.40. The highest BCUT2D eigenvalue weighted by molar-refractivity contribution is 6.32. The number of H-pyrrole nitrogens is 1. The third-order valence-electron chi connectivity index (χ3n) is 0.954. The van der Waals surface area contributed by atoms with E-state index >= 15 is 0 Å². The average molecular weight is 120 g/mol. The lowest BCUT2D eigenvalue weighted by Crippen LogP contribution is -2.17. The van der Waals surface area contributed by atoms with E-state index in [-0.39, 0.29) is 11.2 Å². The van der Waals surface area contributed by atoms with Gasteiger partial charge in [0.2, 0.25) is 0 Å². The summed E-state index contributed by atoms with van der Waals surface area (Å²) in [6.45, 7) is 0. The maximum absolute atomic E-state index is 10.5. The van der Waals surface area contributed by atoms with Gasteiger partial charge in [-0.15, -0.1) is 0 Å². The Morgan fingerprint density at radius 1 is 1.67 bits per heavy atom. The van der Waals surface area contributed by atoms with E-state index in [0.29, 0.717) is 5.46 Å². The molecule has 0 spiro atoms. The Morgan fingerprint density at radius 2 is 2.33 bits per heavy atom. The number of hydrogen-bond donors (Lipinski definition) is 2. The molecule has 0 saturated carbocycles. The average Bonchev–Trinajstić information content (AvgIpc) is 1.80. The van der Waals surface area contributed by atoms with E-state index in [1.165, 1.54) is 12.3 Å². The van der Waals surface area contributed by atoms with E-state index in [9.17, 15) is 4.79 Å². The second-order valence-electron chi connectivity index (χ2n) is 1.72. The first-order chi connectivity index (χ1) is 4.20. The maximum atomic E-state index is 10.5. The van der Waals surface area contributed by atoms with Crippen LogP contribution in [0.3, 0.4) is 0 Å². The van der Waals surface area contributed by atoms with E-state index in [1.54, 1.807) is 0 Å². The lowest BCUT2D eigenvalue weighted by Gasteiger charge is -1.91. The number of nitrogens with two attached hydrogens (primary N) is 1. The predicted octanol–water partition coefficient (Wildman–Crippen LogP) is -1.25. The van der Waals surface area contributed by atoms with Gasteiger partial charge in [-0.2, -0.15) is 0 Å². The first-order valence-corrected chi connectivity index (χ1v) is 2.44. The molecule has 3 nitrogen and oxygen atoms in total. The van der Waals surface area contributed by atoms with Gasteiger partial charge in [-0.1, -0.05) is 5.46 Å². The minimum atomic E-state index is -0.302. The van der Waals surface area contributed by atoms with Crippen LogP contribution >= 0.6 is 0 Å². The molecule has 0 fully saturated rings. The Bertz CT molecular complexity index is 268. The maximum Gasteiger partial charge on any atom is 0.271 e. The molecule has 44 valence electrons. The molecule has 1 aromatic rings. The number of rotatable bonds is 0. The normalized spacial score (nSPS) is 9.33.